The molecular weight excluding hydrogens is 392 g/mol. The van der Waals surface area contributed by atoms with E-state index in [9.17, 15) is 14.7 Å². The first-order chi connectivity index (χ1) is 14.9. The van der Waals surface area contributed by atoms with Crippen molar-refractivity contribution in [2.45, 2.75) is 25.4 Å². The van der Waals surface area contributed by atoms with Gasteiger partial charge in [-0.25, -0.2) is 4.79 Å². The van der Waals surface area contributed by atoms with Crippen LogP contribution in [0.4, 0.5) is 4.79 Å². The van der Waals surface area contributed by atoms with Crippen LogP contribution in [0.15, 0.2) is 42.5 Å². The van der Waals surface area contributed by atoms with E-state index >= 15 is 0 Å². The Morgan fingerprint density at radius 2 is 1.94 bits per heavy atom. The number of benzene rings is 2. The lowest BCUT2D eigenvalue weighted by atomic mass is 9.88. The summed E-state index contributed by atoms with van der Waals surface area (Å²) in [6, 6.07) is 11.8. The van der Waals surface area contributed by atoms with Gasteiger partial charge in [0.2, 0.25) is 0 Å². The molecule has 0 spiro atoms. The SMILES string of the molecule is Cc1cccc2[nH]c3c(c12)CC1C(=O)N(CCN(C)C)C(=O)N1C3c1cccc(O)c1. The monoisotopic (exact) mass is 418 g/mol. The number of aromatic amines is 1. The number of phenols is 1. The molecule has 2 N–H and O–H groups in total. The number of carbonyl (C=O) groups is 2. The van der Waals surface area contributed by atoms with Gasteiger partial charge < -0.3 is 15.0 Å². The first-order valence-electron chi connectivity index (χ1n) is 10.5. The van der Waals surface area contributed by atoms with Gasteiger partial charge in [0.25, 0.3) is 5.91 Å². The quantitative estimate of drug-likeness (QED) is 0.639. The molecule has 1 aromatic heterocycles. The lowest BCUT2D eigenvalue weighted by molar-refractivity contribution is -0.128. The van der Waals surface area contributed by atoms with E-state index in [1.54, 1.807) is 23.1 Å². The summed E-state index contributed by atoms with van der Waals surface area (Å²) in [5.41, 5.74) is 4.92. The van der Waals surface area contributed by atoms with Crippen LogP contribution in [-0.2, 0) is 11.2 Å². The molecule has 3 amide bonds. The lowest BCUT2D eigenvalue weighted by Crippen LogP contribution is -2.44. The Labute approximate surface area is 180 Å². The second kappa shape index (κ2) is 7.13. The number of hydrogen-bond acceptors (Lipinski definition) is 4. The van der Waals surface area contributed by atoms with Crippen molar-refractivity contribution in [3.8, 4) is 5.75 Å². The third kappa shape index (κ3) is 2.99. The molecule has 31 heavy (non-hydrogen) atoms. The highest BCUT2D eigenvalue weighted by Crippen LogP contribution is 2.44. The van der Waals surface area contributed by atoms with Crippen molar-refractivity contribution in [2.75, 3.05) is 27.2 Å². The van der Waals surface area contributed by atoms with E-state index in [0.717, 1.165) is 33.3 Å². The zero-order valence-corrected chi connectivity index (χ0v) is 17.9. The van der Waals surface area contributed by atoms with Gasteiger partial charge in [0.15, 0.2) is 0 Å². The van der Waals surface area contributed by atoms with Crippen LogP contribution in [0, 0.1) is 6.92 Å². The van der Waals surface area contributed by atoms with Crippen LogP contribution in [0.3, 0.4) is 0 Å². The summed E-state index contributed by atoms with van der Waals surface area (Å²) >= 11 is 0. The number of imide groups is 1. The predicted octanol–water partition coefficient (Wildman–Crippen LogP) is 3.02. The van der Waals surface area contributed by atoms with Crippen LogP contribution >= 0.6 is 0 Å². The molecule has 5 rings (SSSR count). The average molecular weight is 418 g/mol. The van der Waals surface area contributed by atoms with Crippen molar-refractivity contribution in [1.82, 2.24) is 19.7 Å². The number of aryl methyl sites for hydroxylation is 1. The minimum atomic E-state index is -0.548. The predicted molar refractivity (Wildman–Crippen MR) is 118 cm³/mol. The van der Waals surface area contributed by atoms with Crippen molar-refractivity contribution >= 4 is 22.8 Å². The second-order valence-corrected chi connectivity index (χ2v) is 8.72. The van der Waals surface area contributed by atoms with Crippen molar-refractivity contribution < 1.29 is 14.7 Å². The number of carbonyl (C=O) groups excluding carboxylic acids is 2. The topological polar surface area (TPSA) is 79.9 Å². The number of amides is 3. The number of rotatable bonds is 4. The first kappa shape index (κ1) is 19.6. The summed E-state index contributed by atoms with van der Waals surface area (Å²) < 4.78 is 0. The molecule has 2 aromatic carbocycles. The molecule has 0 saturated carbocycles. The Balaban J connectivity index is 1.68. The summed E-state index contributed by atoms with van der Waals surface area (Å²) in [4.78, 5) is 35.4. The van der Waals surface area contributed by atoms with E-state index in [4.69, 9.17) is 0 Å². The van der Waals surface area contributed by atoms with E-state index in [2.05, 4.69) is 18.0 Å². The van der Waals surface area contributed by atoms with Crippen LogP contribution < -0.4 is 0 Å². The average Bonchev–Trinajstić information content (AvgIpc) is 3.21. The van der Waals surface area contributed by atoms with Crippen LogP contribution in [0.2, 0.25) is 0 Å². The molecule has 7 nitrogen and oxygen atoms in total. The van der Waals surface area contributed by atoms with Crippen molar-refractivity contribution in [3.05, 3.63) is 64.8 Å². The summed E-state index contributed by atoms with van der Waals surface area (Å²) in [5.74, 6) is -0.0125. The van der Waals surface area contributed by atoms with Gasteiger partial charge in [0, 0.05) is 36.1 Å². The maximum absolute atomic E-state index is 13.5. The Morgan fingerprint density at radius 3 is 2.68 bits per heavy atom. The van der Waals surface area contributed by atoms with E-state index in [0.29, 0.717) is 19.5 Å². The minimum Gasteiger partial charge on any atom is -0.508 e. The highest BCUT2D eigenvalue weighted by Gasteiger charge is 2.52. The largest absolute Gasteiger partial charge is 0.508 e. The smallest absolute Gasteiger partial charge is 0.328 e. The number of hydrogen-bond donors (Lipinski definition) is 2. The third-order valence-corrected chi connectivity index (χ3v) is 6.41. The molecule has 2 atom stereocenters. The molecule has 0 aliphatic carbocycles. The van der Waals surface area contributed by atoms with Gasteiger partial charge >= 0.3 is 6.03 Å². The Kier molecular flexibility index (Phi) is 4.51. The fourth-order valence-corrected chi connectivity index (χ4v) is 4.98. The lowest BCUT2D eigenvalue weighted by Gasteiger charge is -2.36. The zero-order valence-electron chi connectivity index (χ0n) is 17.9. The molecule has 2 aliphatic rings. The number of nitrogens with zero attached hydrogens (tertiary/aromatic N) is 3. The van der Waals surface area contributed by atoms with E-state index in [-0.39, 0.29) is 17.7 Å². The number of H-pyrrole nitrogens is 1. The summed E-state index contributed by atoms with van der Waals surface area (Å²) in [7, 11) is 3.85. The minimum absolute atomic E-state index is 0.135. The van der Waals surface area contributed by atoms with Gasteiger partial charge in [-0.1, -0.05) is 24.3 Å². The molecule has 1 saturated heterocycles. The highest BCUT2D eigenvalue weighted by molar-refractivity contribution is 6.06. The first-order valence-corrected chi connectivity index (χ1v) is 10.5. The summed E-state index contributed by atoms with van der Waals surface area (Å²) in [6.07, 6.45) is 0.485. The second-order valence-electron chi connectivity index (χ2n) is 8.72. The number of nitrogens with one attached hydrogen (secondary N) is 1. The number of fused-ring (bicyclic) bond motifs is 4. The van der Waals surface area contributed by atoms with Gasteiger partial charge in [-0.3, -0.25) is 14.6 Å². The number of likely N-dealkylation sites (N-methyl/N-ethyl adjacent to an activating group) is 1. The van der Waals surface area contributed by atoms with E-state index in [1.165, 1.54) is 4.90 Å². The zero-order chi connectivity index (χ0) is 21.9. The van der Waals surface area contributed by atoms with Crippen LogP contribution in [0.5, 0.6) is 5.75 Å². The normalized spacial score (nSPS) is 20.6. The number of phenolic OH excluding ortho intramolecular Hbond substituents is 1. The molecule has 3 aromatic rings. The van der Waals surface area contributed by atoms with Crippen molar-refractivity contribution in [2.24, 2.45) is 0 Å². The van der Waals surface area contributed by atoms with Crippen LogP contribution in [-0.4, -0.2) is 70.0 Å². The van der Waals surface area contributed by atoms with Gasteiger partial charge in [0.05, 0.1) is 0 Å². The molecule has 2 unspecified atom stereocenters. The van der Waals surface area contributed by atoms with Gasteiger partial charge in [-0.15, -0.1) is 0 Å². The molecule has 0 radical (unpaired) electrons. The molecule has 3 heterocycles. The van der Waals surface area contributed by atoms with Gasteiger partial charge in [0.1, 0.15) is 17.8 Å². The maximum atomic E-state index is 13.5. The molecule has 0 bridgehead atoms. The van der Waals surface area contributed by atoms with Crippen LogP contribution in [0.1, 0.15) is 28.4 Å². The summed E-state index contributed by atoms with van der Waals surface area (Å²) in [6.45, 7) is 3.04. The summed E-state index contributed by atoms with van der Waals surface area (Å²) in [5, 5.41) is 11.3. The van der Waals surface area contributed by atoms with Gasteiger partial charge in [-0.2, -0.15) is 0 Å². The number of aromatic nitrogens is 1. The Hall–Kier alpha value is -3.32. The molecule has 1 fully saturated rings. The number of urea groups is 1. The van der Waals surface area contributed by atoms with E-state index in [1.807, 2.05) is 37.2 Å². The highest BCUT2D eigenvalue weighted by atomic mass is 16.3. The standard InChI is InChI=1S/C24H26N4O3/c1-14-6-4-9-18-20(14)17-13-19-23(30)27(11-10-26(2)3)24(31)28(19)22(21(17)25-18)15-7-5-8-16(29)12-15/h4-9,12,19,22,25,29H,10-11,13H2,1-3H3. The molecule has 160 valence electrons. The maximum Gasteiger partial charge on any atom is 0.328 e. The Morgan fingerprint density at radius 1 is 1.16 bits per heavy atom. The molecule has 7 heteroatoms. The molecular formula is C24H26N4O3. The van der Waals surface area contributed by atoms with E-state index < -0.39 is 12.1 Å². The fourth-order valence-electron chi connectivity index (χ4n) is 4.98. The number of aromatic hydroxyl groups is 1. The third-order valence-electron chi connectivity index (χ3n) is 6.41. The van der Waals surface area contributed by atoms with Crippen molar-refractivity contribution in [3.63, 3.8) is 0 Å². The molecule has 2 aliphatic heterocycles. The van der Waals surface area contributed by atoms with Crippen molar-refractivity contribution in [1.29, 1.82) is 0 Å². The van der Waals surface area contributed by atoms with Gasteiger partial charge in [-0.05, 0) is 55.9 Å². The van der Waals surface area contributed by atoms with Crippen LogP contribution in [0.25, 0.3) is 10.9 Å². The fraction of sp³-hybridized carbons (Fsp3) is 0.333. The Bertz CT molecular complexity index is 1200.